The summed E-state index contributed by atoms with van der Waals surface area (Å²) in [5, 5.41) is 3.01. The Morgan fingerprint density at radius 1 is 1.00 bits per heavy atom. The molecule has 0 aliphatic carbocycles. The summed E-state index contributed by atoms with van der Waals surface area (Å²) in [6, 6.07) is 17.6. The number of hydrogen-bond acceptors (Lipinski definition) is 2. The lowest BCUT2D eigenvalue weighted by Crippen LogP contribution is -2.50. The monoisotopic (exact) mass is 394 g/mol. The fourth-order valence-electron chi connectivity index (χ4n) is 3.47. The van der Waals surface area contributed by atoms with Gasteiger partial charge in [0.25, 0.3) is 0 Å². The second kappa shape index (κ2) is 12.1. The molecule has 29 heavy (non-hydrogen) atoms. The summed E-state index contributed by atoms with van der Waals surface area (Å²) < 4.78 is 0. The van der Waals surface area contributed by atoms with E-state index in [0.29, 0.717) is 25.9 Å². The molecule has 2 aromatic rings. The Bertz CT molecular complexity index is 773. The van der Waals surface area contributed by atoms with Crippen molar-refractivity contribution in [3.63, 3.8) is 0 Å². The molecule has 0 saturated carbocycles. The number of nitrogens with zero attached hydrogens (tertiary/aromatic N) is 1. The highest BCUT2D eigenvalue weighted by atomic mass is 16.2. The number of aryl methyl sites for hydroxylation is 1. The highest BCUT2D eigenvalue weighted by Crippen LogP contribution is 2.14. The van der Waals surface area contributed by atoms with Crippen molar-refractivity contribution >= 4 is 11.8 Å². The number of nitrogens with one attached hydrogen (secondary N) is 1. The summed E-state index contributed by atoms with van der Waals surface area (Å²) in [4.78, 5) is 27.9. The van der Waals surface area contributed by atoms with Gasteiger partial charge in [-0.3, -0.25) is 9.59 Å². The van der Waals surface area contributed by atoms with Crippen LogP contribution in [0.3, 0.4) is 0 Å². The maximum atomic E-state index is 13.3. The molecule has 2 amide bonds. The minimum Gasteiger partial charge on any atom is -0.354 e. The Kier molecular flexibility index (Phi) is 9.42. The predicted molar refractivity (Wildman–Crippen MR) is 119 cm³/mol. The zero-order valence-electron chi connectivity index (χ0n) is 18.0. The molecular formula is C25H34N2O2. The van der Waals surface area contributed by atoms with E-state index in [2.05, 4.69) is 24.4 Å². The van der Waals surface area contributed by atoms with Crippen molar-refractivity contribution in [2.45, 2.75) is 58.9 Å². The number of amides is 2. The van der Waals surface area contributed by atoms with Gasteiger partial charge in [0.15, 0.2) is 0 Å². The summed E-state index contributed by atoms with van der Waals surface area (Å²) in [5.74, 6) is -0.0418. The smallest absolute Gasteiger partial charge is 0.242 e. The molecule has 0 bridgehead atoms. The summed E-state index contributed by atoms with van der Waals surface area (Å²) >= 11 is 0. The molecule has 0 unspecified atom stereocenters. The van der Waals surface area contributed by atoms with Gasteiger partial charge in [-0.25, -0.2) is 0 Å². The van der Waals surface area contributed by atoms with Crippen molar-refractivity contribution in [2.24, 2.45) is 0 Å². The number of unbranched alkanes of at least 4 members (excludes halogenated alkanes) is 1. The van der Waals surface area contributed by atoms with Crippen LogP contribution in [0.25, 0.3) is 0 Å². The van der Waals surface area contributed by atoms with Gasteiger partial charge in [-0.15, -0.1) is 0 Å². The van der Waals surface area contributed by atoms with Gasteiger partial charge in [0.2, 0.25) is 11.8 Å². The van der Waals surface area contributed by atoms with Gasteiger partial charge in [0.05, 0.1) is 6.42 Å². The number of carbonyl (C=O) groups excluding carboxylic acids is 2. The first kappa shape index (κ1) is 22.7. The van der Waals surface area contributed by atoms with Crippen LogP contribution in [0.4, 0.5) is 0 Å². The number of rotatable bonds is 11. The Morgan fingerprint density at radius 3 is 2.34 bits per heavy atom. The largest absolute Gasteiger partial charge is 0.354 e. The molecule has 4 heteroatoms. The zero-order valence-corrected chi connectivity index (χ0v) is 18.0. The van der Waals surface area contributed by atoms with Crippen molar-refractivity contribution in [3.05, 3.63) is 71.3 Å². The van der Waals surface area contributed by atoms with Crippen LogP contribution in [0.2, 0.25) is 0 Å². The van der Waals surface area contributed by atoms with Gasteiger partial charge >= 0.3 is 0 Å². The van der Waals surface area contributed by atoms with Crippen LogP contribution in [-0.4, -0.2) is 35.8 Å². The molecule has 0 aliphatic heterocycles. The molecule has 4 nitrogen and oxygen atoms in total. The molecule has 1 atom stereocenters. The molecule has 0 aromatic heterocycles. The minimum atomic E-state index is -0.438. The maximum Gasteiger partial charge on any atom is 0.242 e. The van der Waals surface area contributed by atoms with E-state index in [-0.39, 0.29) is 11.8 Å². The fraction of sp³-hybridized carbons (Fsp3) is 0.440. The average molecular weight is 395 g/mol. The fourth-order valence-corrected chi connectivity index (χ4v) is 3.47. The van der Waals surface area contributed by atoms with Gasteiger partial charge in [-0.2, -0.15) is 0 Å². The standard InChI is InChI=1S/C25H34N2O2/c1-4-6-17-26-25(29)23(5-2)27(18-16-21-13-8-7-9-14-21)24(28)19-22-15-11-10-12-20(22)3/h7-15,23H,4-6,16-19H2,1-3H3,(H,26,29)/t23-/m0/s1. The Hall–Kier alpha value is -2.62. The van der Waals surface area contributed by atoms with E-state index in [4.69, 9.17) is 0 Å². The van der Waals surface area contributed by atoms with Crippen molar-refractivity contribution < 1.29 is 9.59 Å². The predicted octanol–water partition coefficient (Wildman–Crippen LogP) is 4.30. The third kappa shape index (κ3) is 7.04. The summed E-state index contributed by atoms with van der Waals surface area (Å²) in [6.07, 6.45) is 3.63. The van der Waals surface area contributed by atoms with E-state index in [0.717, 1.165) is 30.4 Å². The summed E-state index contributed by atoms with van der Waals surface area (Å²) in [5.41, 5.74) is 3.29. The van der Waals surface area contributed by atoms with Gasteiger partial charge in [-0.05, 0) is 42.9 Å². The molecular weight excluding hydrogens is 360 g/mol. The quantitative estimate of drug-likeness (QED) is 0.578. The minimum absolute atomic E-state index is 0.00715. The third-order valence-corrected chi connectivity index (χ3v) is 5.30. The Balaban J connectivity index is 2.17. The van der Waals surface area contributed by atoms with Crippen LogP contribution in [0.1, 0.15) is 49.8 Å². The van der Waals surface area contributed by atoms with Crippen LogP contribution in [0, 0.1) is 6.92 Å². The van der Waals surface area contributed by atoms with Crippen LogP contribution in [0.5, 0.6) is 0 Å². The lowest BCUT2D eigenvalue weighted by molar-refractivity contribution is -0.140. The maximum absolute atomic E-state index is 13.3. The van der Waals surface area contributed by atoms with Crippen molar-refractivity contribution in [1.29, 1.82) is 0 Å². The van der Waals surface area contributed by atoms with Crippen LogP contribution in [-0.2, 0) is 22.4 Å². The molecule has 2 rings (SSSR count). The molecule has 0 radical (unpaired) electrons. The normalized spacial score (nSPS) is 11.7. The van der Waals surface area contributed by atoms with E-state index >= 15 is 0 Å². The molecule has 0 fully saturated rings. The Labute approximate surface area is 175 Å². The Morgan fingerprint density at radius 2 is 1.69 bits per heavy atom. The number of hydrogen-bond donors (Lipinski definition) is 1. The summed E-state index contributed by atoms with van der Waals surface area (Å²) in [7, 11) is 0. The SMILES string of the molecule is CCCCNC(=O)[C@H](CC)N(CCc1ccccc1)C(=O)Cc1ccccc1C. The molecule has 0 heterocycles. The van der Waals surface area contributed by atoms with Gasteiger partial charge < -0.3 is 10.2 Å². The van der Waals surface area contributed by atoms with E-state index < -0.39 is 6.04 Å². The molecule has 156 valence electrons. The molecule has 0 saturated heterocycles. The van der Waals surface area contributed by atoms with E-state index in [1.165, 1.54) is 5.56 Å². The van der Waals surface area contributed by atoms with E-state index in [1.54, 1.807) is 4.90 Å². The first-order valence-electron chi connectivity index (χ1n) is 10.7. The van der Waals surface area contributed by atoms with Crippen LogP contribution >= 0.6 is 0 Å². The third-order valence-electron chi connectivity index (χ3n) is 5.30. The van der Waals surface area contributed by atoms with Crippen molar-refractivity contribution in [2.75, 3.05) is 13.1 Å². The number of benzene rings is 2. The van der Waals surface area contributed by atoms with Crippen molar-refractivity contribution in [3.8, 4) is 0 Å². The second-order valence-electron chi connectivity index (χ2n) is 7.49. The van der Waals surface area contributed by atoms with Gasteiger partial charge in [-0.1, -0.05) is 74.9 Å². The van der Waals surface area contributed by atoms with Crippen LogP contribution in [0.15, 0.2) is 54.6 Å². The first-order chi connectivity index (χ1) is 14.1. The highest BCUT2D eigenvalue weighted by molar-refractivity contribution is 5.88. The molecule has 2 aromatic carbocycles. The van der Waals surface area contributed by atoms with Gasteiger partial charge in [0, 0.05) is 13.1 Å². The highest BCUT2D eigenvalue weighted by Gasteiger charge is 2.28. The summed E-state index contributed by atoms with van der Waals surface area (Å²) in [6.45, 7) is 7.28. The average Bonchev–Trinajstić information content (AvgIpc) is 2.73. The molecule has 0 aliphatic rings. The van der Waals surface area contributed by atoms with E-state index in [9.17, 15) is 9.59 Å². The molecule has 1 N–H and O–H groups in total. The van der Waals surface area contributed by atoms with E-state index in [1.807, 2.05) is 56.3 Å². The lowest BCUT2D eigenvalue weighted by atomic mass is 10.0. The van der Waals surface area contributed by atoms with Crippen LogP contribution < -0.4 is 5.32 Å². The van der Waals surface area contributed by atoms with Crippen molar-refractivity contribution in [1.82, 2.24) is 10.2 Å². The topological polar surface area (TPSA) is 49.4 Å². The second-order valence-corrected chi connectivity index (χ2v) is 7.49. The van der Waals surface area contributed by atoms with Gasteiger partial charge in [0.1, 0.15) is 6.04 Å². The molecule has 0 spiro atoms. The lowest BCUT2D eigenvalue weighted by Gasteiger charge is -2.31. The zero-order chi connectivity index (χ0) is 21.1. The first-order valence-corrected chi connectivity index (χ1v) is 10.7. The number of carbonyl (C=O) groups is 2.